The van der Waals surface area contributed by atoms with Crippen molar-refractivity contribution in [2.45, 2.75) is 45.6 Å². The minimum absolute atomic E-state index is 0.0508. The topological polar surface area (TPSA) is 83.6 Å². The van der Waals surface area contributed by atoms with Crippen molar-refractivity contribution in [1.82, 2.24) is 10.1 Å². The summed E-state index contributed by atoms with van der Waals surface area (Å²) in [5, 5.41) is 13.1. The minimum atomic E-state index is -0.836. The normalized spacial score (nSPS) is 22.3. The Morgan fingerprint density at radius 1 is 1.48 bits per heavy atom. The Balaban J connectivity index is 1.97. The summed E-state index contributed by atoms with van der Waals surface area (Å²) in [5.74, 6) is -1.35. The second-order valence-electron chi connectivity index (χ2n) is 5.53. The summed E-state index contributed by atoms with van der Waals surface area (Å²) in [6.07, 6.45) is 2.07. The summed E-state index contributed by atoms with van der Waals surface area (Å²) in [4.78, 5) is 25.1. The molecule has 2 rings (SSSR count). The third-order valence-corrected chi connectivity index (χ3v) is 4.37. The number of carboxylic acid groups (broad SMARTS) is 1. The first-order valence-electron chi connectivity index (χ1n) is 7.03. The van der Waals surface area contributed by atoms with Gasteiger partial charge in [-0.1, -0.05) is 5.16 Å². The van der Waals surface area contributed by atoms with Crippen LogP contribution in [0.4, 0.5) is 0 Å². The van der Waals surface area contributed by atoms with Gasteiger partial charge < -0.3 is 14.5 Å². The highest BCUT2D eigenvalue weighted by molar-refractivity contribution is 6.29. The summed E-state index contributed by atoms with van der Waals surface area (Å²) in [7, 11) is 0. The zero-order valence-electron chi connectivity index (χ0n) is 12.1. The molecule has 0 saturated carbocycles. The van der Waals surface area contributed by atoms with Crippen molar-refractivity contribution in [1.29, 1.82) is 0 Å². The van der Waals surface area contributed by atoms with Gasteiger partial charge in [-0.05, 0) is 44.7 Å². The molecule has 1 aromatic heterocycles. The number of nitrogens with zero attached hydrogens (tertiary/aromatic N) is 2. The van der Waals surface area contributed by atoms with Crippen molar-refractivity contribution in [3.8, 4) is 0 Å². The molecule has 2 unspecified atom stereocenters. The van der Waals surface area contributed by atoms with E-state index in [4.69, 9.17) is 21.2 Å². The zero-order valence-corrected chi connectivity index (χ0v) is 12.9. The molecule has 1 aromatic rings. The Kier molecular flexibility index (Phi) is 4.88. The van der Waals surface area contributed by atoms with Crippen LogP contribution in [0.15, 0.2) is 4.52 Å². The summed E-state index contributed by atoms with van der Waals surface area (Å²) >= 11 is 5.88. The average molecular weight is 315 g/mol. The van der Waals surface area contributed by atoms with E-state index in [1.807, 2.05) is 6.92 Å². The molecule has 1 aliphatic heterocycles. The predicted molar refractivity (Wildman–Crippen MR) is 76.1 cm³/mol. The number of aryl methyl sites for hydroxylation is 1. The van der Waals surface area contributed by atoms with Gasteiger partial charge in [0, 0.05) is 24.6 Å². The molecule has 1 saturated heterocycles. The third kappa shape index (κ3) is 3.56. The summed E-state index contributed by atoms with van der Waals surface area (Å²) < 4.78 is 4.86. The van der Waals surface area contributed by atoms with Crippen molar-refractivity contribution in [2.24, 2.45) is 5.92 Å². The van der Waals surface area contributed by atoms with Gasteiger partial charge in [-0.2, -0.15) is 0 Å². The van der Waals surface area contributed by atoms with E-state index in [2.05, 4.69) is 5.16 Å². The molecule has 1 fully saturated rings. The maximum Gasteiger partial charge on any atom is 0.308 e. The van der Waals surface area contributed by atoms with E-state index in [0.29, 0.717) is 18.5 Å². The maximum absolute atomic E-state index is 12.3. The van der Waals surface area contributed by atoms with Gasteiger partial charge in [0.2, 0.25) is 11.1 Å². The number of amides is 1. The molecule has 0 spiro atoms. The van der Waals surface area contributed by atoms with Gasteiger partial charge in [0.05, 0.1) is 11.6 Å². The van der Waals surface area contributed by atoms with Gasteiger partial charge in [-0.3, -0.25) is 9.59 Å². The van der Waals surface area contributed by atoms with Crippen LogP contribution in [0.1, 0.15) is 37.4 Å². The molecule has 1 N–H and O–H groups in total. The fraction of sp³-hybridized carbons (Fsp3) is 0.643. The Hall–Kier alpha value is -1.56. The van der Waals surface area contributed by atoms with Crippen molar-refractivity contribution in [3.63, 3.8) is 0 Å². The summed E-state index contributed by atoms with van der Waals surface area (Å²) in [6.45, 7) is 4.01. The number of likely N-dealkylation sites (tertiary alicyclic amines) is 1. The van der Waals surface area contributed by atoms with Gasteiger partial charge in [0.1, 0.15) is 0 Å². The first kappa shape index (κ1) is 15.8. The molecule has 116 valence electrons. The van der Waals surface area contributed by atoms with Gasteiger partial charge in [-0.15, -0.1) is 0 Å². The highest BCUT2D eigenvalue weighted by atomic mass is 35.5. The van der Waals surface area contributed by atoms with E-state index in [9.17, 15) is 9.59 Å². The van der Waals surface area contributed by atoms with E-state index >= 15 is 0 Å². The van der Waals surface area contributed by atoms with Crippen LogP contribution in [-0.2, 0) is 16.0 Å². The number of carbonyl (C=O) groups is 2. The quantitative estimate of drug-likeness (QED) is 0.921. The number of hydrogen-bond donors (Lipinski definition) is 1. The van der Waals surface area contributed by atoms with Gasteiger partial charge in [-0.25, -0.2) is 0 Å². The number of aliphatic carboxylic acids is 1. The number of carboxylic acids is 1. The number of piperidine rings is 1. The lowest BCUT2D eigenvalue weighted by Gasteiger charge is -2.36. The third-order valence-electron chi connectivity index (χ3n) is 4.08. The minimum Gasteiger partial charge on any atom is -0.481 e. The lowest BCUT2D eigenvalue weighted by Crippen LogP contribution is -2.47. The Labute approximate surface area is 128 Å². The van der Waals surface area contributed by atoms with E-state index in [0.717, 1.165) is 12.0 Å². The monoisotopic (exact) mass is 314 g/mol. The van der Waals surface area contributed by atoms with E-state index in [1.54, 1.807) is 11.8 Å². The van der Waals surface area contributed by atoms with Crippen LogP contribution >= 0.6 is 11.6 Å². The van der Waals surface area contributed by atoms with E-state index < -0.39 is 11.9 Å². The second kappa shape index (κ2) is 6.47. The number of hydrogen-bond acceptors (Lipinski definition) is 4. The molecule has 0 aromatic carbocycles. The van der Waals surface area contributed by atoms with Gasteiger partial charge in [0.15, 0.2) is 0 Å². The van der Waals surface area contributed by atoms with Crippen LogP contribution in [0.5, 0.6) is 0 Å². The molecular weight excluding hydrogens is 296 g/mol. The van der Waals surface area contributed by atoms with Gasteiger partial charge >= 0.3 is 5.97 Å². The van der Waals surface area contributed by atoms with Gasteiger partial charge in [0.25, 0.3) is 0 Å². The number of rotatable bonds is 4. The summed E-state index contributed by atoms with van der Waals surface area (Å²) in [6, 6.07) is 0.0761. The van der Waals surface area contributed by atoms with Crippen LogP contribution in [0, 0.1) is 12.8 Å². The fourth-order valence-electron chi connectivity index (χ4n) is 2.67. The lowest BCUT2D eigenvalue weighted by atomic mass is 9.93. The lowest BCUT2D eigenvalue weighted by molar-refractivity contribution is -0.147. The fourth-order valence-corrected chi connectivity index (χ4v) is 2.94. The smallest absolute Gasteiger partial charge is 0.308 e. The van der Waals surface area contributed by atoms with Crippen molar-refractivity contribution < 1.29 is 19.2 Å². The number of halogens is 1. The molecule has 2 atom stereocenters. The predicted octanol–water partition coefficient (Wildman–Crippen LogP) is 2.28. The standard InChI is InChI=1S/C14H19ClN2O4/c1-8-3-4-10(14(19)20)7-17(8)12(18)6-5-11-9(2)16-21-13(11)15/h8,10H,3-7H2,1-2H3,(H,19,20). The average Bonchev–Trinajstić information content (AvgIpc) is 2.75. The van der Waals surface area contributed by atoms with Crippen LogP contribution in [0.3, 0.4) is 0 Å². The Bertz CT molecular complexity index is 524. The number of carbonyl (C=O) groups excluding carboxylic acids is 1. The van der Waals surface area contributed by atoms with E-state index in [1.165, 1.54) is 0 Å². The van der Waals surface area contributed by atoms with Crippen LogP contribution in [-0.4, -0.2) is 39.6 Å². The number of aromatic nitrogens is 1. The first-order chi connectivity index (χ1) is 9.90. The highest BCUT2D eigenvalue weighted by Gasteiger charge is 2.32. The molecule has 7 heteroatoms. The largest absolute Gasteiger partial charge is 0.481 e. The zero-order chi connectivity index (χ0) is 15.6. The van der Waals surface area contributed by atoms with Crippen LogP contribution in [0.25, 0.3) is 0 Å². The first-order valence-corrected chi connectivity index (χ1v) is 7.41. The van der Waals surface area contributed by atoms with Crippen molar-refractivity contribution in [3.05, 3.63) is 16.5 Å². The molecule has 0 radical (unpaired) electrons. The van der Waals surface area contributed by atoms with Crippen molar-refractivity contribution in [2.75, 3.05) is 6.54 Å². The highest BCUT2D eigenvalue weighted by Crippen LogP contribution is 2.25. The van der Waals surface area contributed by atoms with Crippen LogP contribution in [0.2, 0.25) is 5.22 Å². The Morgan fingerprint density at radius 2 is 2.19 bits per heavy atom. The molecular formula is C14H19ClN2O4. The molecule has 0 aliphatic carbocycles. The molecule has 2 heterocycles. The van der Waals surface area contributed by atoms with Crippen LogP contribution < -0.4 is 0 Å². The Morgan fingerprint density at radius 3 is 2.76 bits per heavy atom. The molecule has 0 bridgehead atoms. The molecule has 6 nitrogen and oxygen atoms in total. The van der Waals surface area contributed by atoms with Crippen molar-refractivity contribution >= 4 is 23.5 Å². The molecule has 21 heavy (non-hydrogen) atoms. The summed E-state index contributed by atoms with van der Waals surface area (Å²) in [5.41, 5.74) is 1.42. The SMILES string of the molecule is Cc1noc(Cl)c1CCC(=O)N1CC(C(=O)O)CCC1C. The maximum atomic E-state index is 12.3. The van der Waals surface area contributed by atoms with E-state index in [-0.39, 0.29) is 30.1 Å². The second-order valence-corrected chi connectivity index (χ2v) is 5.87. The molecule has 1 aliphatic rings. The molecule has 1 amide bonds.